The van der Waals surface area contributed by atoms with Crippen LogP contribution in [0, 0.1) is 11.8 Å². The number of aliphatic hydroxyl groups excluding tert-OH is 1. The monoisotopic (exact) mass is 680 g/mol. The summed E-state index contributed by atoms with van der Waals surface area (Å²) in [6, 6.07) is 0. The lowest BCUT2D eigenvalue weighted by atomic mass is 9.94. The topological polar surface area (TPSA) is 76.1 Å². The van der Waals surface area contributed by atoms with Crippen LogP contribution in [0.4, 0.5) is 0 Å². The Hall–Kier alpha value is -1.40. The minimum atomic E-state index is -0.0130. The molecule has 0 aromatic rings. The summed E-state index contributed by atoms with van der Waals surface area (Å²) in [5.41, 5.74) is 0. The minimum absolute atomic E-state index is 0.00817. The molecule has 6 nitrogen and oxygen atoms in total. The third-order valence-corrected chi connectivity index (χ3v) is 9.69. The minimum Gasteiger partial charge on any atom is -0.465 e. The molecular weight excluding hydrogens is 598 g/mol. The average molecular weight is 680 g/mol. The van der Waals surface area contributed by atoms with E-state index in [1.165, 1.54) is 83.5 Å². The van der Waals surface area contributed by atoms with E-state index in [0.717, 1.165) is 96.6 Å². The SMILES string of the molecule is C/C=C/CCCC(CCCCCCCC)C(=O)OCCCCN(CCO)CCCCOC(=O)C(CCCCCC)CCCCCCCC. The van der Waals surface area contributed by atoms with Crippen molar-refractivity contribution in [3.63, 3.8) is 0 Å². The molecule has 0 aromatic carbocycles. The molecule has 0 aliphatic rings. The van der Waals surface area contributed by atoms with Crippen molar-refractivity contribution in [2.75, 3.05) is 39.5 Å². The molecule has 0 saturated carbocycles. The first-order chi connectivity index (χ1) is 23.5. The number of unbranched alkanes of at least 4 members (excludes halogenated alkanes) is 16. The number of esters is 2. The van der Waals surface area contributed by atoms with Crippen molar-refractivity contribution in [1.82, 2.24) is 4.90 Å². The fourth-order valence-corrected chi connectivity index (χ4v) is 6.50. The van der Waals surface area contributed by atoms with E-state index in [4.69, 9.17) is 9.47 Å². The molecule has 0 radical (unpaired) electrons. The van der Waals surface area contributed by atoms with Crippen molar-refractivity contribution in [1.29, 1.82) is 0 Å². The van der Waals surface area contributed by atoms with E-state index in [1.807, 2.05) is 6.92 Å². The quantitative estimate of drug-likeness (QED) is 0.0400. The molecule has 48 heavy (non-hydrogen) atoms. The Bertz CT molecular complexity index is 727. The number of allylic oxidation sites excluding steroid dienone is 2. The van der Waals surface area contributed by atoms with Gasteiger partial charge in [0.1, 0.15) is 0 Å². The molecule has 0 aromatic heterocycles. The van der Waals surface area contributed by atoms with Crippen molar-refractivity contribution in [2.24, 2.45) is 11.8 Å². The fraction of sp³-hybridized carbons (Fsp3) is 0.905. The molecule has 0 saturated heterocycles. The second kappa shape index (κ2) is 36.9. The third-order valence-electron chi connectivity index (χ3n) is 9.69. The van der Waals surface area contributed by atoms with Crippen LogP contribution in [-0.4, -0.2) is 61.4 Å². The predicted octanol–water partition coefficient (Wildman–Crippen LogP) is 11.4. The molecule has 2 atom stereocenters. The van der Waals surface area contributed by atoms with E-state index in [0.29, 0.717) is 19.8 Å². The molecule has 284 valence electrons. The Balaban J connectivity index is 4.41. The molecular formula is C42H81NO5. The summed E-state index contributed by atoms with van der Waals surface area (Å²) >= 11 is 0. The molecule has 0 aliphatic carbocycles. The zero-order valence-electron chi connectivity index (χ0n) is 32.5. The van der Waals surface area contributed by atoms with E-state index in [9.17, 15) is 14.7 Å². The average Bonchev–Trinajstić information content (AvgIpc) is 3.08. The highest BCUT2D eigenvalue weighted by Gasteiger charge is 2.20. The summed E-state index contributed by atoms with van der Waals surface area (Å²) in [4.78, 5) is 28.1. The van der Waals surface area contributed by atoms with Crippen LogP contribution in [0.3, 0.4) is 0 Å². The van der Waals surface area contributed by atoms with Crippen LogP contribution in [0.15, 0.2) is 12.2 Å². The second-order valence-corrected chi connectivity index (χ2v) is 14.2. The summed E-state index contributed by atoms with van der Waals surface area (Å²) in [6.07, 6.45) is 33.4. The lowest BCUT2D eigenvalue weighted by molar-refractivity contribution is -0.150. The highest BCUT2D eigenvalue weighted by Crippen LogP contribution is 2.22. The number of ether oxygens (including phenoxy) is 2. The Kier molecular flexibility index (Phi) is 35.8. The van der Waals surface area contributed by atoms with Crippen LogP contribution in [-0.2, 0) is 19.1 Å². The summed E-state index contributed by atoms with van der Waals surface area (Å²) < 4.78 is 11.5. The molecule has 0 aliphatic heterocycles. The van der Waals surface area contributed by atoms with Gasteiger partial charge in [0, 0.05) is 6.54 Å². The van der Waals surface area contributed by atoms with E-state index in [-0.39, 0.29) is 30.4 Å². The van der Waals surface area contributed by atoms with Gasteiger partial charge in [0.05, 0.1) is 31.7 Å². The number of carbonyl (C=O) groups is 2. The summed E-state index contributed by atoms with van der Waals surface area (Å²) in [6.45, 7) is 12.2. The Morgan fingerprint density at radius 3 is 1.35 bits per heavy atom. The molecule has 0 spiro atoms. The van der Waals surface area contributed by atoms with Gasteiger partial charge in [-0.2, -0.15) is 0 Å². The van der Waals surface area contributed by atoms with Gasteiger partial charge in [-0.3, -0.25) is 9.59 Å². The van der Waals surface area contributed by atoms with Gasteiger partial charge in [0.25, 0.3) is 0 Å². The van der Waals surface area contributed by atoms with Crippen LogP contribution < -0.4 is 0 Å². The van der Waals surface area contributed by atoms with Gasteiger partial charge in [-0.15, -0.1) is 0 Å². The maximum Gasteiger partial charge on any atom is 0.308 e. The molecule has 6 heteroatoms. The lowest BCUT2D eigenvalue weighted by Crippen LogP contribution is -2.29. The van der Waals surface area contributed by atoms with Gasteiger partial charge in [0.2, 0.25) is 0 Å². The number of nitrogens with zero attached hydrogens (tertiary/aromatic N) is 1. The first-order valence-electron chi connectivity index (χ1n) is 20.8. The largest absolute Gasteiger partial charge is 0.465 e. The van der Waals surface area contributed by atoms with Gasteiger partial charge in [-0.05, 0) is 84.2 Å². The first-order valence-corrected chi connectivity index (χ1v) is 20.8. The number of rotatable bonds is 37. The molecule has 0 amide bonds. The summed E-state index contributed by atoms with van der Waals surface area (Å²) in [7, 11) is 0. The molecule has 0 fully saturated rings. The van der Waals surface area contributed by atoms with Gasteiger partial charge in [0.15, 0.2) is 0 Å². The van der Waals surface area contributed by atoms with Crippen LogP contribution in [0.1, 0.15) is 195 Å². The Morgan fingerprint density at radius 2 is 0.938 bits per heavy atom. The molecule has 0 bridgehead atoms. The first kappa shape index (κ1) is 46.6. The van der Waals surface area contributed by atoms with Crippen molar-refractivity contribution < 1.29 is 24.2 Å². The predicted molar refractivity (Wildman–Crippen MR) is 204 cm³/mol. The van der Waals surface area contributed by atoms with Crippen molar-refractivity contribution in [3.8, 4) is 0 Å². The smallest absolute Gasteiger partial charge is 0.308 e. The second-order valence-electron chi connectivity index (χ2n) is 14.2. The van der Waals surface area contributed by atoms with Crippen molar-refractivity contribution >= 4 is 11.9 Å². The van der Waals surface area contributed by atoms with Crippen LogP contribution >= 0.6 is 0 Å². The van der Waals surface area contributed by atoms with Crippen LogP contribution in [0.5, 0.6) is 0 Å². The highest BCUT2D eigenvalue weighted by atomic mass is 16.5. The zero-order valence-corrected chi connectivity index (χ0v) is 32.5. The van der Waals surface area contributed by atoms with Crippen LogP contribution in [0.25, 0.3) is 0 Å². The molecule has 2 unspecified atom stereocenters. The number of hydrogen-bond donors (Lipinski definition) is 1. The maximum atomic E-state index is 12.9. The molecule has 0 heterocycles. The lowest BCUT2D eigenvalue weighted by Gasteiger charge is -2.21. The zero-order chi connectivity index (χ0) is 35.3. The number of hydrogen-bond acceptors (Lipinski definition) is 6. The number of aliphatic hydroxyl groups is 1. The van der Waals surface area contributed by atoms with E-state index in [2.05, 4.69) is 37.8 Å². The van der Waals surface area contributed by atoms with Crippen LogP contribution in [0.2, 0.25) is 0 Å². The van der Waals surface area contributed by atoms with Gasteiger partial charge >= 0.3 is 11.9 Å². The third kappa shape index (κ3) is 29.5. The Labute approximate surface area is 298 Å². The van der Waals surface area contributed by atoms with Gasteiger partial charge in [-0.1, -0.05) is 136 Å². The van der Waals surface area contributed by atoms with Crippen molar-refractivity contribution in [3.05, 3.63) is 12.2 Å². The highest BCUT2D eigenvalue weighted by molar-refractivity contribution is 5.72. The van der Waals surface area contributed by atoms with Gasteiger partial charge in [-0.25, -0.2) is 0 Å². The van der Waals surface area contributed by atoms with E-state index < -0.39 is 0 Å². The summed E-state index contributed by atoms with van der Waals surface area (Å²) in [5, 5.41) is 9.60. The van der Waals surface area contributed by atoms with Gasteiger partial charge < -0.3 is 19.5 Å². The Morgan fingerprint density at radius 1 is 0.542 bits per heavy atom. The van der Waals surface area contributed by atoms with E-state index >= 15 is 0 Å². The van der Waals surface area contributed by atoms with E-state index in [1.54, 1.807) is 0 Å². The fourth-order valence-electron chi connectivity index (χ4n) is 6.50. The summed E-state index contributed by atoms with van der Waals surface area (Å²) in [5.74, 6) is 0.0696. The maximum absolute atomic E-state index is 12.9. The normalized spacial score (nSPS) is 13.0. The molecule has 0 rings (SSSR count). The standard InChI is InChI=1S/C42H81NO5/c1-5-9-13-17-19-23-31-39(29-21-15-11-7-3)41(45)47-37-27-25-33-43(35-36-44)34-26-28-38-48-42(46)40(30-22-16-12-8-4)32-24-20-18-14-10-6-2/h7,11,39-40,44H,5-6,8-10,12-38H2,1-4H3/b11-7+. The number of carbonyl (C=O) groups excluding carboxylic acids is 2. The molecule has 1 N–H and O–H groups in total. The van der Waals surface area contributed by atoms with Crippen molar-refractivity contribution in [2.45, 2.75) is 195 Å².